The molecule has 0 spiro atoms. The van der Waals surface area contributed by atoms with E-state index in [2.05, 4.69) is 55.7 Å². The molecule has 0 bridgehead atoms. The summed E-state index contributed by atoms with van der Waals surface area (Å²) in [5.74, 6) is 6.76. The Bertz CT molecular complexity index is 1210. The van der Waals surface area contributed by atoms with Crippen LogP contribution in [0.3, 0.4) is 0 Å². The highest BCUT2D eigenvalue weighted by molar-refractivity contribution is 7.16. The molecule has 0 aliphatic carbocycles. The van der Waals surface area contributed by atoms with Crippen LogP contribution in [0.25, 0.3) is 0 Å². The second-order valence-corrected chi connectivity index (χ2v) is 9.67. The van der Waals surface area contributed by atoms with Gasteiger partial charge in [0.2, 0.25) is 17.8 Å². The van der Waals surface area contributed by atoms with Gasteiger partial charge in [-0.1, -0.05) is 36.2 Å². The van der Waals surface area contributed by atoms with E-state index >= 15 is 0 Å². The Labute approximate surface area is 228 Å². The summed E-state index contributed by atoms with van der Waals surface area (Å²) >= 11 is 1.22. The number of likely N-dealkylation sites (N-methyl/N-ethyl adjacent to an activating group) is 2. The molecular weight excluding hydrogens is 502 g/mol. The zero-order valence-electron chi connectivity index (χ0n) is 22.5. The van der Waals surface area contributed by atoms with Gasteiger partial charge in [0.15, 0.2) is 5.13 Å². The van der Waals surface area contributed by atoms with Crippen molar-refractivity contribution in [1.29, 1.82) is 5.26 Å². The molecule has 38 heavy (non-hydrogen) atoms. The number of hydrogen-bond acceptors (Lipinski definition) is 10. The lowest BCUT2D eigenvalue weighted by atomic mass is 10.2. The SMILES string of the molecule is CCCNc1nc(Nc2ncc(C#N)s2)ncc1C#CCCCNC(=O)[C@H](C)N(C)C(=O)/C=C/CN(C)C. The lowest BCUT2D eigenvalue weighted by Crippen LogP contribution is -2.45. The van der Waals surface area contributed by atoms with E-state index < -0.39 is 6.04 Å². The van der Waals surface area contributed by atoms with Crippen molar-refractivity contribution in [2.45, 2.75) is 39.2 Å². The number of hydrogen-bond donors (Lipinski definition) is 3. The highest BCUT2D eigenvalue weighted by Crippen LogP contribution is 2.21. The standard InChI is InChI=1S/C26H35N9O2S/c1-6-13-28-23-20(17-30-25(32-23)33-26-31-18-21(16-27)38-26)11-8-7-9-14-29-24(37)19(2)35(5)22(36)12-10-15-34(3)4/h10,12,17-19H,6-7,9,13-15H2,1-5H3,(H,29,37)(H2,28,30,31,32,33)/b12-10+/t19-/m0/s1. The normalized spacial score (nSPS) is 11.4. The molecule has 3 N–H and O–H groups in total. The molecule has 11 nitrogen and oxygen atoms in total. The topological polar surface area (TPSA) is 139 Å². The van der Waals surface area contributed by atoms with Crippen molar-refractivity contribution in [3.63, 3.8) is 0 Å². The number of nitrogens with zero attached hydrogens (tertiary/aromatic N) is 6. The predicted octanol–water partition coefficient (Wildman–Crippen LogP) is 2.58. The number of carbonyl (C=O) groups is 2. The number of nitrogens with one attached hydrogen (secondary N) is 3. The van der Waals surface area contributed by atoms with Gasteiger partial charge >= 0.3 is 0 Å². The number of anilines is 3. The van der Waals surface area contributed by atoms with E-state index in [4.69, 9.17) is 5.26 Å². The zero-order chi connectivity index (χ0) is 27.9. The number of carbonyl (C=O) groups excluding carboxylic acids is 2. The number of amides is 2. The molecule has 2 rings (SSSR count). The van der Waals surface area contributed by atoms with Gasteiger partial charge in [0.1, 0.15) is 22.8 Å². The van der Waals surface area contributed by atoms with Crippen molar-refractivity contribution in [1.82, 2.24) is 30.1 Å². The van der Waals surface area contributed by atoms with Gasteiger partial charge in [-0.25, -0.2) is 9.97 Å². The largest absolute Gasteiger partial charge is 0.369 e. The fourth-order valence-electron chi connectivity index (χ4n) is 2.93. The van der Waals surface area contributed by atoms with Crippen LogP contribution in [0.2, 0.25) is 0 Å². The summed E-state index contributed by atoms with van der Waals surface area (Å²) in [5.41, 5.74) is 0.668. The Morgan fingerprint density at radius 2 is 2.00 bits per heavy atom. The van der Waals surface area contributed by atoms with Gasteiger partial charge in [-0.15, -0.1) is 0 Å². The molecule has 2 aromatic heterocycles. The van der Waals surface area contributed by atoms with E-state index in [1.807, 2.05) is 19.0 Å². The molecule has 0 unspecified atom stereocenters. The minimum absolute atomic E-state index is 0.209. The summed E-state index contributed by atoms with van der Waals surface area (Å²) in [7, 11) is 5.45. The summed E-state index contributed by atoms with van der Waals surface area (Å²) in [5, 5.41) is 18.6. The van der Waals surface area contributed by atoms with E-state index in [9.17, 15) is 9.59 Å². The third-order valence-electron chi connectivity index (χ3n) is 5.21. The second-order valence-electron chi connectivity index (χ2n) is 8.64. The van der Waals surface area contributed by atoms with Crippen LogP contribution in [0.1, 0.15) is 43.6 Å². The number of aromatic nitrogens is 3. The Morgan fingerprint density at radius 1 is 1.21 bits per heavy atom. The van der Waals surface area contributed by atoms with Crippen molar-refractivity contribution in [2.75, 3.05) is 51.4 Å². The summed E-state index contributed by atoms with van der Waals surface area (Å²) < 4.78 is 0. The average molecular weight is 538 g/mol. The van der Waals surface area contributed by atoms with Gasteiger partial charge in [0.25, 0.3) is 0 Å². The van der Waals surface area contributed by atoms with E-state index in [0.717, 1.165) is 13.0 Å². The van der Waals surface area contributed by atoms with Crippen LogP contribution in [0.15, 0.2) is 24.5 Å². The Hall–Kier alpha value is -4.00. The minimum Gasteiger partial charge on any atom is -0.369 e. The Balaban J connectivity index is 1.87. The fourth-order valence-corrected chi connectivity index (χ4v) is 3.54. The van der Waals surface area contributed by atoms with E-state index in [-0.39, 0.29) is 11.8 Å². The summed E-state index contributed by atoms with van der Waals surface area (Å²) in [6, 6.07) is 1.47. The van der Waals surface area contributed by atoms with Crippen molar-refractivity contribution < 1.29 is 9.59 Å². The second kappa shape index (κ2) is 16.0. The molecule has 2 amide bonds. The van der Waals surface area contributed by atoms with Crippen LogP contribution >= 0.6 is 11.3 Å². The average Bonchev–Trinajstić information content (AvgIpc) is 3.36. The minimum atomic E-state index is -0.579. The van der Waals surface area contributed by atoms with E-state index in [1.54, 1.807) is 26.2 Å². The number of rotatable bonds is 13. The first-order valence-corrected chi connectivity index (χ1v) is 13.1. The van der Waals surface area contributed by atoms with E-state index in [1.165, 1.54) is 28.5 Å². The maximum Gasteiger partial charge on any atom is 0.246 e. The highest BCUT2D eigenvalue weighted by Gasteiger charge is 2.20. The maximum absolute atomic E-state index is 12.4. The van der Waals surface area contributed by atoms with Crippen molar-refractivity contribution in [2.24, 2.45) is 0 Å². The van der Waals surface area contributed by atoms with Gasteiger partial charge in [-0.05, 0) is 33.9 Å². The molecule has 0 aliphatic rings. The van der Waals surface area contributed by atoms with Crippen LogP contribution in [-0.4, -0.2) is 83.4 Å². The number of nitriles is 1. The monoisotopic (exact) mass is 537 g/mol. The van der Waals surface area contributed by atoms with Gasteiger partial charge < -0.3 is 20.4 Å². The van der Waals surface area contributed by atoms with Crippen LogP contribution < -0.4 is 16.0 Å². The molecule has 12 heteroatoms. The Morgan fingerprint density at radius 3 is 2.68 bits per heavy atom. The maximum atomic E-state index is 12.4. The molecule has 0 aromatic carbocycles. The smallest absolute Gasteiger partial charge is 0.246 e. The lowest BCUT2D eigenvalue weighted by Gasteiger charge is -2.23. The van der Waals surface area contributed by atoms with Crippen LogP contribution in [0.5, 0.6) is 0 Å². The first-order chi connectivity index (χ1) is 18.2. The van der Waals surface area contributed by atoms with Gasteiger partial charge in [0, 0.05) is 39.2 Å². The van der Waals surface area contributed by atoms with Crippen molar-refractivity contribution in [3.8, 4) is 17.9 Å². The van der Waals surface area contributed by atoms with Gasteiger partial charge in [-0.2, -0.15) is 10.2 Å². The molecule has 0 aliphatic heterocycles. The summed E-state index contributed by atoms with van der Waals surface area (Å²) in [6.07, 6.45) is 8.54. The number of unbranched alkanes of at least 4 members (excludes halogenated alkanes) is 1. The molecule has 0 saturated heterocycles. The molecule has 2 heterocycles. The first-order valence-electron chi connectivity index (χ1n) is 12.3. The number of thiazole rings is 1. The third kappa shape index (κ3) is 10.2. The summed E-state index contributed by atoms with van der Waals surface area (Å²) in [6.45, 7) is 5.60. The van der Waals surface area contributed by atoms with Crippen molar-refractivity contribution in [3.05, 3.63) is 35.0 Å². The summed E-state index contributed by atoms with van der Waals surface area (Å²) in [4.78, 5) is 41.5. The van der Waals surface area contributed by atoms with E-state index in [0.29, 0.717) is 53.3 Å². The van der Waals surface area contributed by atoms with Gasteiger partial charge in [0.05, 0.1) is 18.0 Å². The molecule has 0 saturated carbocycles. The Kier molecular flexibility index (Phi) is 12.7. The lowest BCUT2D eigenvalue weighted by molar-refractivity contribution is -0.135. The highest BCUT2D eigenvalue weighted by atomic mass is 32.1. The molecule has 0 radical (unpaired) electrons. The molecule has 202 valence electrons. The van der Waals surface area contributed by atoms with Crippen LogP contribution in [0, 0.1) is 23.2 Å². The molecule has 0 fully saturated rings. The zero-order valence-corrected chi connectivity index (χ0v) is 23.4. The quantitative estimate of drug-likeness (QED) is 0.200. The third-order valence-corrected chi connectivity index (χ3v) is 6.02. The van der Waals surface area contributed by atoms with Crippen LogP contribution in [0.4, 0.5) is 16.9 Å². The molecule has 1 atom stereocenters. The van der Waals surface area contributed by atoms with Crippen molar-refractivity contribution >= 4 is 40.0 Å². The van der Waals surface area contributed by atoms with Crippen LogP contribution in [-0.2, 0) is 9.59 Å². The first kappa shape index (κ1) is 30.2. The van der Waals surface area contributed by atoms with Gasteiger partial charge in [-0.3, -0.25) is 14.9 Å². The molecule has 2 aromatic rings. The molecular formula is C26H35N9O2S. The predicted molar refractivity (Wildman–Crippen MR) is 150 cm³/mol. The fraction of sp³-hybridized carbons (Fsp3) is 0.462.